The minimum atomic E-state index is -3.98. The monoisotopic (exact) mass is 683 g/mol. The van der Waals surface area contributed by atoms with Gasteiger partial charge < -0.3 is 14.9 Å². The lowest BCUT2D eigenvalue weighted by molar-refractivity contribution is -0.293. The summed E-state index contributed by atoms with van der Waals surface area (Å²) in [6, 6.07) is 3.87. The average Bonchev–Trinajstić information content (AvgIpc) is 3.02. The van der Waals surface area contributed by atoms with Crippen molar-refractivity contribution in [1.82, 2.24) is 5.06 Å². The Labute approximate surface area is 273 Å². The Kier molecular flexibility index (Phi) is 15.1. The number of hydrogen-bond donors (Lipinski definition) is 1. The van der Waals surface area contributed by atoms with Crippen molar-refractivity contribution in [3.8, 4) is 12.1 Å². The third-order valence-electron chi connectivity index (χ3n) is 9.24. The van der Waals surface area contributed by atoms with Crippen LogP contribution in [-0.4, -0.2) is 73.1 Å². The highest BCUT2D eigenvalue weighted by atomic mass is 31.2. The van der Waals surface area contributed by atoms with Gasteiger partial charge in [-0.1, -0.05) is 13.8 Å². The highest BCUT2D eigenvalue weighted by Gasteiger charge is 2.57. The maximum Gasteiger partial charge on any atom is 0.475 e. The summed E-state index contributed by atoms with van der Waals surface area (Å²) in [7, 11) is -7.95. The summed E-state index contributed by atoms with van der Waals surface area (Å²) >= 11 is 0. The van der Waals surface area contributed by atoms with Crippen LogP contribution >= 0.6 is 15.6 Å². The molecule has 256 valence electrons. The number of hydroxylamine groups is 2. The van der Waals surface area contributed by atoms with Crippen LogP contribution < -0.4 is 0 Å². The van der Waals surface area contributed by atoms with Crippen molar-refractivity contribution in [1.29, 1.82) is 10.5 Å². The van der Waals surface area contributed by atoms with Crippen molar-refractivity contribution in [3.05, 3.63) is 22.8 Å². The molecule has 1 saturated heterocycles. The second-order valence-corrected chi connectivity index (χ2v) is 15.8. The van der Waals surface area contributed by atoms with Gasteiger partial charge in [0.05, 0.1) is 50.4 Å². The van der Waals surface area contributed by atoms with Gasteiger partial charge in [0.25, 0.3) is 0 Å². The largest absolute Gasteiger partial charge is 0.475 e. The van der Waals surface area contributed by atoms with Crippen LogP contribution in [0.3, 0.4) is 0 Å². The predicted octanol–water partition coefficient (Wildman–Crippen LogP) is 7.09. The van der Waals surface area contributed by atoms with E-state index in [-0.39, 0.29) is 52.4 Å². The number of nitrogens with zero attached hydrogens (tertiary/aromatic N) is 5. The van der Waals surface area contributed by atoms with Gasteiger partial charge in [0.1, 0.15) is 13.2 Å². The molecule has 16 heteroatoms. The quantitative estimate of drug-likeness (QED) is 0.0940. The fraction of sp³-hybridized carbons (Fsp3) is 0.867. The van der Waals surface area contributed by atoms with Crippen molar-refractivity contribution in [2.24, 2.45) is 11.8 Å². The van der Waals surface area contributed by atoms with E-state index >= 15 is 0 Å². The van der Waals surface area contributed by atoms with Crippen LogP contribution in [0.4, 0.5) is 0 Å². The van der Waals surface area contributed by atoms with E-state index in [1.807, 2.05) is 12.1 Å². The van der Waals surface area contributed by atoms with E-state index in [0.29, 0.717) is 63.2 Å². The first-order chi connectivity index (χ1) is 22.0. The van der Waals surface area contributed by atoms with Crippen LogP contribution in [0.15, 0.2) is 0 Å². The standard InChI is InChI=1S/C30H47N5O9P2/c1-25(2)26-23-29(11-7-27(8-12-29)43-45(37,39-19-5-15-31)40-20-6-16-32)35(36)30(24-26)13-9-28(10-14-30)44-46(38,41-21-17-33-3)42-22-18-34-4/h25-28,36H,5-14,17-24H2,1-2H3. The zero-order chi connectivity index (χ0) is 33.7. The number of nitriles is 2. The van der Waals surface area contributed by atoms with Crippen LogP contribution in [0.25, 0.3) is 9.69 Å². The van der Waals surface area contributed by atoms with Crippen LogP contribution in [0.2, 0.25) is 0 Å². The van der Waals surface area contributed by atoms with Gasteiger partial charge in [-0.15, -0.1) is 0 Å². The first kappa shape index (κ1) is 38.5. The summed E-state index contributed by atoms with van der Waals surface area (Å²) < 4.78 is 59.8. The lowest BCUT2D eigenvalue weighted by Crippen LogP contribution is -2.66. The molecule has 0 radical (unpaired) electrons. The number of hydrogen-bond acceptors (Lipinski definition) is 12. The van der Waals surface area contributed by atoms with Gasteiger partial charge in [-0.2, -0.15) is 15.6 Å². The molecule has 46 heavy (non-hydrogen) atoms. The number of phosphoric acid groups is 2. The zero-order valence-electron chi connectivity index (χ0n) is 26.9. The molecule has 0 aromatic rings. The highest BCUT2D eigenvalue weighted by Crippen LogP contribution is 2.58. The molecule has 1 heterocycles. The first-order valence-corrected chi connectivity index (χ1v) is 18.9. The topological polar surface area (TPSA) is 169 Å². The zero-order valence-corrected chi connectivity index (χ0v) is 28.7. The molecule has 14 nitrogen and oxygen atoms in total. The second-order valence-electron chi connectivity index (χ2n) is 12.6. The molecule has 2 aliphatic carbocycles. The minimum Gasteiger partial charge on any atom is -0.314 e. The molecule has 0 aromatic carbocycles. The van der Waals surface area contributed by atoms with Crippen LogP contribution in [0.1, 0.15) is 90.9 Å². The van der Waals surface area contributed by atoms with Gasteiger partial charge in [-0.3, -0.25) is 27.1 Å². The molecule has 0 bridgehead atoms. The van der Waals surface area contributed by atoms with Gasteiger partial charge in [-0.25, -0.2) is 22.3 Å². The predicted molar refractivity (Wildman–Crippen MR) is 166 cm³/mol. The van der Waals surface area contributed by atoms with Crippen molar-refractivity contribution < 1.29 is 41.5 Å². The average molecular weight is 684 g/mol. The minimum absolute atomic E-state index is 0.0112. The lowest BCUT2D eigenvalue weighted by atomic mass is 9.61. The Morgan fingerprint density at radius 2 is 1.15 bits per heavy atom. The van der Waals surface area contributed by atoms with E-state index in [4.69, 9.17) is 50.8 Å². The number of piperidine rings is 1. The molecule has 0 amide bonds. The molecule has 1 atom stereocenters. The highest BCUT2D eigenvalue weighted by molar-refractivity contribution is 7.48. The maximum atomic E-state index is 13.3. The molecule has 1 N–H and O–H groups in total. The molecular weight excluding hydrogens is 636 g/mol. The summed E-state index contributed by atoms with van der Waals surface area (Å²) in [4.78, 5) is 6.44. The van der Waals surface area contributed by atoms with E-state index in [2.05, 4.69) is 23.5 Å². The number of rotatable bonds is 17. The third kappa shape index (κ3) is 10.6. The Bertz CT molecular complexity index is 1100. The Hall–Kier alpha value is -1.90. The molecule has 3 aliphatic rings. The van der Waals surface area contributed by atoms with Crippen LogP contribution in [0.5, 0.6) is 0 Å². The Morgan fingerprint density at radius 1 is 0.783 bits per heavy atom. The normalized spacial score (nSPS) is 28.8. The molecule has 3 rings (SSSR count). The molecule has 1 aliphatic heterocycles. The number of phosphoric ester groups is 2. The van der Waals surface area contributed by atoms with Crippen LogP contribution in [-0.2, 0) is 36.3 Å². The second kappa shape index (κ2) is 18.0. The molecule has 2 spiro atoms. The molecule has 0 aromatic heterocycles. The van der Waals surface area contributed by atoms with E-state index < -0.39 is 38.9 Å². The maximum absolute atomic E-state index is 13.3. The Morgan fingerprint density at radius 3 is 1.48 bits per heavy atom. The fourth-order valence-corrected chi connectivity index (χ4v) is 9.64. The van der Waals surface area contributed by atoms with Crippen molar-refractivity contribution in [2.45, 2.75) is 114 Å². The van der Waals surface area contributed by atoms with E-state index in [1.54, 1.807) is 5.06 Å². The summed E-state index contributed by atoms with van der Waals surface area (Å²) in [6.45, 7) is 17.9. The molecule has 2 saturated carbocycles. The van der Waals surface area contributed by atoms with E-state index in [1.165, 1.54) is 0 Å². The summed E-state index contributed by atoms with van der Waals surface area (Å²) in [5, 5.41) is 31.3. The molecule has 1 unspecified atom stereocenters. The van der Waals surface area contributed by atoms with Gasteiger partial charge >= 0.3 is 15.6 Å². The summed E-state index contributed by atoms with van der Waals surface area (Å²) in [5.41, 5.74) is -1.01. The lowest BCUT2D eigenvalue weighted by Gasteiger charge is -2.61. The first-order valence-electron chi connectivity index (χ1n) is 16.0. The molecule has 3 fully saturated rings. The summed E-state index contributed by atoms with van der Waals surface area (Å²) in [6.07, 6.45) is 5.31. The summed E-state index contributed by atoms with van der Waals surface area (Å²) in [5.74, 6) is 0.743. The van der Waals surface area contributed by atoms with Gasteiger partial charge in [0, 0.05) is 11.1 Å². The smallest absolute Gasteiger partial charge is 0.314 e. The van der Waals surface area contributed by atoms with Crippen molar-refractivity contribution >= 4 is 15.6 Å². The van der Waals surface area contributed by atoms with Crippen molar-refractivity contribution in [3.63, 3.8) is 0 Å². The Balaban J connectivity index is 1.69. The van der Waals surface area contributed by atoms with Crippen LogP contribution in [0, 0.1) is 47.6 Å². The van der Waals surface area contributed by atoms with Gasteiger partial charge in [-0.05, 0) is 76.0 Å². The fourth-order valence-electron chi connectivity index (χ4n) is 6.86. The molecular formula is C30H47N5O9P2. The van der Waals surface area contributed by atoms with E-state index in [9.17, 15) is 14.3 Å². The third-order valence-corrected chi connectivity index (χ3v) is 12.3. The SMILES string of the molecule is [C-]#[N+]CCOP(=O)(OCC[N+]#[C-])OC1CCC2(CC1)CC(C(C)C)CC1(CCC(OP(=O)(OCCC#N)OCCC#N)CC1)N2O. The van der Waals surface area contributed by atoms with Gasteiger partial charge in [0.2, 0.25) is 13.1 Å². The van der Waals surface area contributed by atoms with E-state index in [0.717, 1.165) is 12.8 Å². The van der Waals surface area contributed by atoms with Crippen molar-refractivity contribution in [2.75, 3.05) is 39.5 Å². The van der Waals surface area contributed by atoms with Gasteiger partial charge in [0.15, 0.2) is 0 Å².